The fourth-order valence-electron chi connectivity index (χ4n) is 3.17. The molecule has 4 N–H and O–H groups in total. The van der Waals surface area contributed by atoms with Crippen LogP contribution in [0, 0.1) is 5.92 Å². The number of piperidine rings is 1. The van der Waals surface area contributed by atoms with Crippen LogP contribution < -0.4 is 11.5 Å². The van der Waals surface area contributed by atoms with Crippen molar-refractivity contribution in [3.8, 4) is 0 Å². The maximum atomic E-state index is 11.3. The van der Waals surface area contributed by atoms with Gasteiger partial charge in [0.05, 0.1) is 5.92 Å². The van der Waals surface area contributed by atoms with E-state index in [0.29, 0.717) is 18.1 Å². The molecule has 0 aromatic carbocycles. The van der Waals surface area contributed by atoms with Crippen molar-refractivity contribution in [2.75, 3.05) is 6.54 Å². The van der Waals surface area contributed by atoms with E-state index in [1.54, 1.807) is 0 Å². The number of likely N-dealkylation sites (tertiary alicyclic amines) is 1. The summed E-state index contributed by atoms with van der Waals surface area (Å²) in [5.74, 6) is -0.0905. The molecule has 2 fully saturated rings. The largest absolute Gasteiger partial charge is 0.369 e. The normalized spacial score (nSPS) is 41.1. The van der Waals surface area contributed by atoms with Gasteiger partial charge in [-0.2, -0.15) is 0 Å². The van der Waals surface area contributed by atoms with Crippen molar-refractivity contribution in [2.24, 2.45) is 17.4 Å². The Bertz CT molecular complexity index is 269. The lowest BCUT2D eigenvalue weighted by Crippen LogP contribution is -2.50. The van der Waals surface area contributed by atoms with E-state index >= 15 is 0 Å². The van der Waals surface area contributed by atoms with Gasteiger partial charge in [-0.05, 0) is 39.0 Å². The molecule has 1 aliphatic carbocycles. The molecule has 0 aromatic rings. The molecule has 4 heteroatoms. The number of primary amides is 1. The summed E-state index contributed by atoms with van der Waals surface area (Å²) in [6, 6.07) is 1.50. The third kappa shape index (κ3) is 2.38. The van der Waals surface area contributed by atoms with Crippen LogP contribution in [0.4, 0.5) is 0 Å². The summed E-state index contributed by atoms with van der Waals surface area (Å²) in [5.41, 5.74) is 11.4. The van der Waals surface area contributed by atoms with Crippen LogP contribution in [0.3, 0.4) is 0 Å². The highest BCUT2D eigenvalue weighted by molar-refractivity contribution is 5.77. The first kappa shape index (κ1) is 11.9. The van der Waals surface area contributed by atoms with Gasteiger partial charge in [0.15, 0.2) is 0 Å². The minimum Gasteiger partial charge on any atom is -0.369 e. The topological polar surface area (TPSA) is 72.4 Å². The van der Waals surface area contributed by atoms with E-state index in [2.05, 4.69) is 11.8 Å². The van der Waals surface area contributed by atoms with Crippen molar-refractivity contribution in [3.05, 3.63) is 0 Å². The Morgan fingerprint density at radius 1 is 1.25 bits per heavy atom. The van der Waals surface area contributed by atoms with E-state index in [1.165, 1.54) is 6.42 Å². The lowest BCUT2D eigenvalue weighted by atomic mass is 9.91. The fourth-order valence-corrected chi connectivity index (χ4v) is 3.17. The highest BCUT2D eigenvalue weighted by atomic mass is 16.1. The van der Waals surface area contributed by atoms with Crippen LogP contribution >= 0.6 is 0 Å². The molecule has 2 aliphatic rings. The van der Waals surface area contributed by atoms with Crippen LogP contribution in [0.5, 0.6) is 0 Å². The second-order valence-electron chi connectivity index (χ2n) is 5.45. The molecule has 1 heterocycles. The van der Waals surface area contributed by atoms with Crippen molar-refractivity contribution < 1.29 is 4.79 Å². The van der Waals surface area contributed by atoms with Gasteiger partial charge in [-0.15, -0.1) is 0 Å². The van der Waals surface area contributed by atoms with Crippen LogP contribution in [-0.2, 0) is 4.79 Å². The van der Waals surface area contributed by atoms with Gasteiger partial charge >= 0.3 is 0 Å². The third-order valence-corrected chi connectivity index (χ3v) is 4.25. The van der Waals surface area contributed by atoms with Crippen molar-refractivity contribution in [3.63, 3.8) is 0 Å². The van der Waals surface area contributed by atoms with Crippen molar-refractivity contribution in [1.82, 2.24) is 4.90 Å². The molecule has 16 heavy (non-hydrogen) atoms. The summed E-state index contributed by atoms with van der Waals surface area (Å²) in [6.07, 6.45) is 5.41. The molecule has 1 aliphatic heterocycles. The smallest absolute Gasteiger partial charge is 0.221 e. The Labute approximate surface area is 97.3 Å². The van der Waals surface area contributed by atoms with E-state index in [-0.39, 0.29) is 11.8 Å². The van der Waals surface area contributed by atoms with Gasteiger partial charge < -0.3 is 11.5 Å². The van der Waals surface area contributed by atoms with Crippen LogP contribution in [0.1, 0.15) is 39.0 Å². The molecule has 0 aromatic heterocycles. The van der Waals surface area contributed by atoms with E-state index < -0.39 is 0 Å². The second kappa shape index (κ2) is 4.72. The van der Waals surface area contributed by atoms with Crippen LogP contribution in [0.25, 0.3) is 0 Å². The monoisotopic (exact) mass is 225 g/mol. The lowest BCUT2D eigenvalue weighted by Gasteiger charge is -2.40. The van der Waals surface area contributed by atoms with Gasteiger partial charge in [0.25, 0.3) is 0 Å². The molecular formula is C12H23N3O. The molecule has 4 atom stereocenters. The lowest BCUT2D eigenvalue weighted by molar-refractivity contribution is -0.124. The van der Waals surface area contributed by atoms with E-state index in [9.17, 15) is 4.79 Å². The molecular weight excluding hydrogens is 202 g/mol. The van der Waals surface area contributed by atoms with Crippen molar-refractivity contribution in [1.29, 1.82) is 0 Å². The average molecular weight is 225 g/mol. The van der Waals surface area contributed by atoms with Gasteiger partial charge in [-0.1, -0.05) is 0 Å². The number of nitrogens with zero attached hydrogens (tertiary/aromatic N) is 1. The number of rotatable bonds is 2. The zero-order valence-corrected chi connectivity index (χ0v) is 10.1. The predicted octanol–water partition coefficient (Wildman–Crippen LogP) is 0.452. The van der Waals surface area contributed by atoms with Gasteiger partial charge in [0.1, 0.15) is 0 Å². The van der Waals surface area contributed by atoms with Crippen LogP contribution in [0.2, 0.25) is 0 Å². The Morgan fingerprint density at radius 3 is 2.56 bits per heavy atom. The van der Waals surface area contributed by atoms with Crippen LogP contribution in [0.15, 0.2) is 0 Å². The Balaban J connectivity index is 1.98. The Kier molecular flexibility index (Phi) is 3.50. The first-order chi connectivity index (χ1) is 7.58. The minimum absolute atomic E-state index is 0.0491. The van der Waals surface area contributed by atoms with E-state index in [0.717, 1.165) is 32.2 Å². The van der Waals surface area contributed by atoms with Crippen molar-refractivity contribution in [2.45, 2.75) is 57.2 Å². The molecule has 0 bridgehead atoms. The zero-order valence-electron chi connectivity index (χ0n) is 10.1. The highest BCUT2D eigenvalue weighted by Gasteiger charge is 2.35. The first-order valence-corrected chi connectivity index (χ1v) is 6.38. The second-order valence-corrected chi connectivity index (χ2v) is 5.45. The molecule has 4 unspecified atom stereocenters. The Hall–Kier alpha value is -0.610. The van der Waals surface area contributed by atoms with Gasteiger partial charge in [-0.25, -0.2) is 0 Å². The molecule has 92 valence electrons. The standard InChI is InChI=1S/C12H23N3O/c1-8-2-3-9(12(14)16)7-15(8)11-5-4-10(13)6-11/h8-11H,2-7,13H2,1H3,(H2,14,16). The molecule has 0 radical (unpaired) electrons. The minimum atomic E-state index is -0.140. The van der Waals surface area contributed by atoms with E-state index in [1.807, 2.05) is 0 Å². The van der Waals surface area contributed by atoms with E-state index in [4.69, 9.17) is 11.5 Å². The van der Waals surface area contributed by atoms with Gasteiger partial charge in [-0.3, -0.25) is 9.69 Å². The SMILES string of the molecule is CC1CCC(C(N)=O)CN1C1CCC(N)C1. The fraction of sp³-hybridized carbons (Fsp3) is 0.917. The zero-order chi connectivity index (χ0) is 11.7. The molecule has 1 amide bonds. The maximum Gasteiger partial charge on any atom is 0.221 e. The first-order valence-electron chi connectivity index (χ1n) is 6.38. The summed E-state index contributed by atoms with van der Waals surface area (Å²) in [7, 11) is 0. The summed E-state index contributed by atoms with van der Waals surface area (Å²) in [4.78, 5) is 13.7. The third-order valence-electron chi connectivity index (χ3n) is 4.25. The van der Waals surface area contributed by atoms with Gasteiger partial charge in [0, 0.05) is 24.7 Å². The molecule has 4 nitrogen and oxygen atoms in total. The summed E-state index contributed by atoms with van der Waals surface area (Å²) in [6.45, 7) is 3.09. The summed E-state index contributed by atoms with van der Waals surface area (Å²) in [5, 5.41) is 0. The van der Waals surface area contributed by atoms with Crippen LogP contribution in [-0.4, -0.2) is 35.5 Å². The van der Waals surface area contributed by atoms with Crippen molar-refractivity contribution >= 4 is 5.91 Å². The number of hydrogen-bond donors (Lipinski definition) is 2. The number of amides is 1. The molecule has 2 rings (SSSR count). The molecule has 1 saturated carbocycles. The maximum absolute atomic E-state index is 11.3. The summed E-state index contributed by atoms with van der Waals surface area (Å²) >= 11 is 0. The average Bonchev–Trinajstić information content (AvgIpc) is 2.65. The molecule has 1 saturated heterocycles. The quantitative estimate of drug-likeness (QED) is 0.717. The molecule has 0 spiro atoms. The number of carbonyl (C=O) groups excluding carboxylic acids is 1. The highest BCUT2D eigenvalue weighted by Crippen LogP contribution is 2.30. The predicted molar refractivity (Wildman–Crippen MR) is 63.7 cm³/mol. The Morgan fingerprint density at radius 2 is 2.00 bits per heavy atom. The summed E-state index contributed by atoms with van der Waals surface area (Å²) < 4.78 is 0. The number of carbonyl (C=O) groups is 1. The van der Waals surface area contributed by atoms with Gasteiger partial charge in [0.2, 0.25) is 5.91 Å². The number of hydrogen-bond acceptors (Lipinski definition) is 3. The number of nitrogens with two attached hydrogens (primary N) is 2.